The average Bonchev–Trinajstić information content (AvgIpc) is 3.06. The molecule has 25 heavy (non-hydrogen) atoms. The van der Waals surface area contributed by atoms with E-state index in [2.05, 4.69) is 12.1 Å². The first-order valence-corrected chi connectivity index (χ1v) is 8.70. The third kappa shape index (κ3) is 4.49. The van der Waals surface area contributed by atoms with Crippen LogP contribution in [0.25, 0.3) is 11.0 Å². The summed E-state index contributed by atoms with van der Waals surface area (Å²) in [4.78, 5) is 0. The van der Waals surface area contributed by atoms with Crippen LogP contribution in [0.15, 0.2) is 52.9 Å². The van der Waals surface area contributed by atoms with Crippen molar-refractivity contribution >= 4 is 11.0 Å². The second-order valence-corrected chi connectivity index (χ2v) is 6.30. The van der Waals surface area contributed by atoms with Gasteiger partial charge in [0, 0.05) is 11.8 Å². The van der Waals surface area contributed by atoms with Gasteiger partial charge < -0.3 is 4.42 Å². The Kier molecular flexibility index (Phi) is 5.50. The summed E-state index contributed by atoms with van der Waals surface area (Å²) in [5.41, 5.74) is 3.54. The molecule has 0 aliphatic heterocycles. The molecule has 3 nitrogen and oxygen atoms in total. The summed E-state index contributed by atoms with van der Waals surface area (Å²) in [6.45, 7) is 0. The van der Waals surface area contributed by atoms with Crippen LogP contribution in [0, 0.1) is 22.7 Å². The fourth-order valence-electron chi connectivity index (χ4n) is 3.02. The lowest BCUT2D eigenvalue weighted by Crippen LogP contribution is -1.88. The maximum absolute atomic E-state index is 8.94. The second kappa shape index (κ2) is 8.18. The number of fused-ring (bicyclic) bond motifs is 1. The lowest BCUT2D eigenvalue weighted by Gasteiger charge is -2.02. The highest BCUT2D eigenvalue weighted by atomic mass is 16.3. The SMILES string of the molecule is N#Cc1ccc(CCCCCCc2cc3cc(C#N)ccc3o2)cc1. The van der Waals surface area contributed by atoms with Crippen molar-refractivity contribution in [1.82, 2.24) is 0 Å². The number of aryl methyl sites for hydroxylation is 2. The molecule has 0 N–H and O–H groups in total. The Labute approximate surface area is 148 Å². The van der Waals surface area contributed by atoms with Gasteiger partial charge in [-0.25, -0.2) is 0 Å². The van der Waals surface area contributed by atoms with Crippen molar-refractivity contribution in [3.63, 3.8) is 0 Å². The quantitative estimate of drug-likeness (QED) is 0.536. The van der Waals surface area contributed by atoms with E-state index < -0.39 is 0 Å². The molecule has 0 amide bonds. The molecule has 0 atom stereocenters. The first-order valence-electron chi connectivity index (χ1n) is 8.70. The van der Waals surface area contributed by atoms with Crippen LogP contribution in [-0.4, -0.2) is 0 Å². The molecule has 0 bridgehead atoms. The number of unbranched alkanes of at least 4 members (excludes halogenated alkanes) is 3. The molecule has 1 heterocycles. The first kappa shape index (κ1) is 16.8. The van der Waals surface area contributed by atoms with Gasteiger partial charge in [-0.1, -0.05) is 25.0 Å². The van der Waals surface area contributed by atoms with Crippen LogP contribution in [0.4, 0.5) is 0 Å². The Morgan fingerprint density at radius 2 is 1.40 bits per heavy atom. The smallest absolute Gasteiger partial charge is 0.134 e. The maximum Gasteiger partial charge on any atom is 0.134 e. The molecule has 3 heteroatoms. The number of nitriles is 2. The second-order valence-electron chi connectivity index (χ2n) is 6.30. The predicted molar refractivity (Wildman–Crippen MR) is 98.0 cm³/mol. The van der Waals surface area contributed by atoms with Crippen LogP contribution in [-0.2, 0) is 12.8 Å². The van der Waals surface area contributed by atoms with E-state index in [1.807, 2.05) is 42.5 Å². The molecule has 0 saturated heterocycles. The van der Waals surface area contributed by atoms with Gasteiger partial charge in [-0.3, -0.25) is 0 Å². The summed E-state index contributed by atoms with van der Waals surface area (Å²) in [5, 5.41) is 18.7. The fraction of sp³-hybridized carbons (Fsp3) is 0.273. The van der Waals surface area contributed by atoms with Gasteiger partial charge in [0.25, 0.3) is 0 Å². The van der Waals surface area contributed by atoms with Crippen LogP contribution in [0.5, 0.6) is 0 Å². The van der Waals surface area contributed by atoms with Crippen LogP contribution >= 0.6 is 0 Å². The van der Waals surface area contributed by atoms with Crippen molar-refractivity contribution in [1.29, 1.82) is 10.5 Å². The van der Waals surface area contributed by atoms with Crippen LogP contribution in [0.1, 0.15) is 48.1 Å². The van der Waals surface area contributed by atoms with Gasteiger partial charge in [-0.15, -0.1) is 0 Å². The molecule has 3 rings (SSSR count). The largest absolute Gasteiger partial charge is 0.461 e. The fourth-order valence-corrected chi connectivity index (χ4v) is 3.02. The first-order chi connectivity index (χ1) is 12.3. The standard InChI is InChI=1S/C22H20N2O/c23-15-18-9-7-17(8-10-18)5-3-1-2-4-6-21-14-20-13-19(16-24)11-12-22(20)25-21/h7-14H,1-6H2. The number of furan rings is 1. The van der Waals surface area contributed by atoms with Crippen molar-refractivity contribution in [3.8, 4) is 12.1 Å². The molecule has 0 radical (unpaired) electrons. The third-order valence-corrected chi connectivity index (χ3v) is 4.42. The third-order valence-electron chi connectivity index (χ3n) is 4.42. The summed E-state index contributed by atoms with van der Waals surface area (Å²) in [6, 6.07) is 19.7. The molecule has 0 unspecified atom stereocenters. The summed E-state index contributed by atoms with van der Waals surface area (Å²) >= 11 is 0. The minimum atomic E-state index is 0.669. The summed E-state index contributed by atoms with van der Waals surface area (Å²) in [5.74, 6) is 0.997. The normalized spacial score (nSPS) is 10.5. The summed E-state index contributed by atoms with van der Waals surface area (Å²) < 4.78 is 5.83. The van der Waals surface area contributed by atoms with E-state index in [4.69, 9.17) is 14.9 Å². The van der Waals surface area contributed by atoms with Crippen molar-refractivity contribution in [2.75, 3.05) is 0 Å². The van der Waals surface area contributed by atoms with Crippen molar-refractivity contribution in [3.05, 3.63) is 71.0 Å². The van der Waals surface area contributed by atoms with Crippen LogP contribution in [0.3, 0.4) is 0 Å². The van der Waals surface area contributed by atoms with Gasteiger partial charge >= 0.3 is 0 Å². The molecular weight excluding hydrogens is 308 g/mol. The van der Waals surface area contributed by atoms with Crippen LogP contribution < -0.4 is 0 Å². The minimum absolute atomic E-state index is 0.669. The number of benzene rings is 2. The summed E-state index contributed by atoms with van der Waals surface area (Å²) in [7, 11) is 0. The Hall–Kier alpha value is -3.04. The molecule has 0 spiro atoms. The zero-order valence-corrected chi connectivity index (χ0v) is 14.2. The average molecular weight is 328 g/mol. The Bertz CT molecular complexity index is 923. The molecule has 0 saturated carbocycles. The molecular formula is C22H20N2O. The molecule has 0 aliphatic rings. The molecule has 0 fully saturated rings. The van der Waals surface area contributed by atoms with Gasteiger partial charge in [0.2, 0.25) is 0 Å². The number of hydrogen-bond donors (Lipinski definition) is 0. The van der Waals surface area contributed by atoms with E-state index in [1.165, 1.54) is 18.4 Å². The number of hydrogen-bond acceptors (Lipinski definition) is 3. The van der Waals surface area contributed by atoms with E-state index >= 15 is 0 Å². The number of rotatable bonds is 7. The Morgan fingerprint density at radius 3 is 2.12 bits per heavy atom. The Morgan fingerprint density at radius 1 is 0.720 bits per heavy atom. The van der Waals surface area contributed by atoms with Gasteiger partial charge in [-0.2, -0.15) is 10.5 Å². The highest BCUT2D eigenvalue weighted by Gasteiger charge is 2.04. The zero-order chi connectivity index (χ0) is 17.5. The van der Waals surface area contributed by atoms with Crippen molar-refractivity contribution in [2.24, 2.45) is 0 Å². The lowest BCUT2D eigenvalue weighted by atomic mass is 10.0. The van der Waals surface area contributed by atoms with Crippen molar-refractivity contribution < 1.29 is 4.42 Å². The van der Waals surface area contributed by atoms with Gasteiger partial charge in [0.1, 0.15) is 11.3 Å². The summed E-state index contributed by atoms with van der Waals surface area (Å²) in [6.07, 6.45) is 6.64. The van der Waals surface area contributed by atoms with E-state index in [1.54, 1.807) is 6.07 Å². The Balaban J connectivity index is 1.39. The van der Waals surface area contributed by atoms with Gasteiger partial charge in [0.15, 0.2) is 0 Å². The minimum Gasteiger partial charge on any atom is -0.461 e. The predicted octanol–water partition coefficient (Wildman–Crippen LogP) is 5.52. The van der Waals surface area contributed by atoms with E-state index in [9.17, 15) is 0 Å². The van der Waals surface area contributed by atoms with E-state index in [-0.39, 0.29) is 0 Å². The van der Waals surface area contributed by atoms with E-state index in [0.717, 1.165) is 48.0 Å². The highest BCUT2D eigenvalue weighted by Crippen LogP contribution is 2.22. The zero-order valence-electron chi connectivity index (χ0n) is 14.2. The highest BCUT2D eigenvalue weighted by molar-refractivity contribution is 5.79. The molecule has 1 aromatic heterocycles. The lowest BCUT2D eigenvalue weighted by molar-refractivity contribution is 0.525. The number of nitrogens with zero attached hydrogens (tertiary/aromatic N) is 2. The van der Waals surface area contributed by atoms with Crippen LogP contribution in [0.2, 0.25) is 0 Å². The van der Waals surface area contributed by atoms with Gasteiger partial charge in [0.05, 0.1) is 23.3 Å². The van der Waals surface area contributed by atoms with Gasteiger partial charge in [-0.05, 0) is 61.2 Å². The maximum atomic E-state index is 8.94. The topological polar surface area (TPSA) is 60.7 Å². The molecule has 3 aromatic rings. The molecule has 0 aliphatic carbocycles. The molecule has 2 aromatic carbocycles. The van der Waals surface area contributed by atoms with Crippen molar-refractivity contribution in [2.45, 2.75) is 38.5 Å². The molecule has 124 valence electrons. The van der Waals surface area contributed by atoms with E-state index in [0.29, 0.717) is 5.56 Å². The monoisotopic (exact) mass is 328 g/mol.